The van der Waals surface area contributed by atoms with E-state index in [9.17, 15) is 4.79 Å². The Morgan fingerprint density at radius 3 is 2.95 bits per heavy atom. The molecule has 0 aliphatic heterocycles. The summed E-state index contributed by atoms with van der Waals surface area (Å²) in [6.07, 6.45) is 6.69. The van der Waals surface area contributed by atoms with E-state index >= 15 is 0 Å². The van der Waals surface area contributed by atoms with Crippen LogP contribution in [0.5, 0.6) is 0 Å². The normalized spacial score (nSPS) is 10.9. The van der Waals surface area contributed by atoms with Crippen molar-refractivity contribution in [2.45, 2.75) is 13.5 Å². The number of carbonyl (C=O) groups is 1. The van der Waals surface area contributed by atoms with Gasteiger partial charge in [0.1, 0.15) is 5.82 Å². The monoisotopic (exact) mass is 289 g/mol. The molecular weight excluding hydrogens is 274 g/mol. The molecule has 0 bridgehead atoms. The summed E-state index contributed by atoms with van der Waals surface area (Å²) in [7, 11) is 1.73. The second kappa shape index (κ2) is 6.39. The number of nitrogens with zero attached hydrogens (tertiary/aromatic N) is 2. The largest absolute Gasteiger partial charge is 0.347 e. The molecule has 0 aliphatic rings. The van der Waals surface area contributed by atoms with Crippen LogP contribution < -0.4 is 0 Å². The molecule has 0 saturated carbocycles. The highest BCUT2D eigenvalue weighted by atomic mass is 35.5. The number of H-pyrrole nitrogens is 1. The molecule has 0 aliphatic carbocycles. The highest BCUT2D eigenvalue weighted by molar-refractivity contribution is 6.31. The molecule has 1 aromatic heterocycles. The van der Waals surface area contributed by atoms with Crippen LogP contribution in [0.4, 0.5) is 0 Å². The number of nitrogens with one attached hydrogen (secondary N) is 1. The van der Waals surface area contributed by atoms with Crippen LogP contribution in [0, 0.1) is 6.92 Å². The number of aromatic nitrogens is 2. The second-order valence-electron chi connectivity index (χ2n) is 4.57. The van der Waals surface area contributed by atoms with Gasteiger partial charge in [0.05, 0.1) is 6.54 Å². The molecule has 0 unspecified atom stereocenters. The van der Waals surface area contributed by atoms with Gasteiger partial charge in [-0.05, 0) is 30.2 Å². The van der Waals surface area contributed by atoms with E-state index in [4.69, 9.17) is 11.6 Å². The van der Waals surface area contributed by atoms with Crippen molar-refractivity contribution < 1.29 is 4.79 Å². The van der Waals surface area contributed by atoms with Crippen molar-refractivity contribution in [3.05, 3.63) is 58.6 Å². The van der Waals surface area contributed by atoms with E-state index in [1.165, 1.54) is 6.08 Å². The third-order valence-corrected chi connectivity index (χ3v) is 3.34. The van der Waals surface area contributed by atoms with E-state index in [1.54, 1.807) is 30.4 Å². The third-order valence-electron chi connectivity index (χ3n) is 2.93. The molecule has 1 amide bonds. The Labute approximate surface area is 123 Å². The third kappa shape index (κ3) is 3.71. The zero-order valence-electron chi connectivity index (χ0n) is 11.4. The van der Waals surface area contributed by atoms with E-state index in [-0.39, 0.29) is 5.91 Å². The number of imidazole rings is 1. The quantitative estimate of drug-likeness (QED) is 0.880. The van der Waals surface area contributed by atoms with Crippen LogP contribution in [0.1, 0.15) is 17.0 Å². The summed E-state index contributed by atoms with van der Waals surface area (Å²) in [5.74, 6) is 0.672. The van der Waals surface area contributed by atoms with Gasteiger partial charge in [-0.25, -0.2) is 4.98 Å². The molecule has 2 aromatic rings. The minimum absolute atomic E-state index is 0.0851. The molecular formula is C15H16ClN3O. The average molecular weight is 290 g/mol. The zero-order chi connectivity index (χ0) is 14.5. The molecule has 0 spiro atoms. The fraction of sp³-hybridized carbons (Fsp3) is 0.200. The maximum Gasteiger partial charge on any atom is 0.246 e. The predicted molar refractivity (Wildman–Crippen MR) is 80.3 cm³/mol. The van der Waals surface area contributed by atoms with Gasteiger partial charge in [-0.3, -0.25) is 4.79 Å². The highest BCUT2D eigenvalue weighted by Gasteiger charge is 2.06. The van der Waals surface area contributed by atoms with Crippen LogP contribution in [0.15, 0.2) is 36.7 Å². The van der Waals surface area contributed by atoms with Gasteiger partial charge in [0.2, 0.25) is 5.91 Å². The topological polar surface area (TPSA) is 49.0 Å². The smallest absolute Gasteiger partial charge is 0.246 e. The number of aryl methyl sites for hydroxylation is 1. The molecule has 0 fully saturated rings. The predicted octanol–water partition coefficient (Wildman–Crippen LogP) is 3.04. The van der Waals surface area contributed by atoms with E-state index in [1.807, 2.05) is 25.1 Å². The van der Waals surface area contributed by atoms with E-state index in [0.717, 1.165) is 17.0 Å². The number of likely N-dealkylation sites (N-methyl/N-ethyl adjacent to an activating group) is 1. The van der Waals surface area contributed by atoms with Gasteiger partial charge < -0.3 is 9.88 Å². The summed E-state index contributed by atoms with van der Waals surface area (Å²) in [6, 6.07) is 5.70. The molecule has 4 nitrogen and oxygen atoms in total. The van der Waals surface area contributed by atoms with Crippen molar-refractivity contribution >= 4 is 23.6 Å². The fourth-order valence-electron chi connectivity index (χ4n) is 1.69. The van der Waals surface area contributed by atoms with Crippen LogP contribution in [-0.4, -0.2) is 27.8 Å². The van der Waals surface area contributed by atoms with Gasteiger partial charge >= 0.3 is 0 Å². The Morgan fingerprint density at radius 2 is 2.30 bits per heavy atom. The van der Waals surface area contributed by atoms with Crippen LogP contribution in [0.3, 0.4) is 0 Å². The number of rotatable bonds is 4. The first kappa shape index (κ1) is 14.3. The van der Waals surface area contributed by atoms with Crippen LogP contribution >= 0.6 is 11.6 Å². The van der Waals surface area contributed by atoms with Crippen molar-refractivity contribution in [3.8, 4) is 0 Å². The summed E-state index contributed by atoms with van der Waals surface area (Å²) < 4.78 is 0. The number of amides is 1. The van der Waals surface area contributed by atoms with Crippen LogP contribution in [0.25, 0.3) is 6.08 Å². The standard InChI is InChI=1S/C15H16ClN3O/c1-11-3-4-12(9-13(11)16)5-6-15(20)19(2)10-14-17-7-8-18-14/h3-9H,10H2,1-2H3,(H,17,18). The lowest BCUT2D eigenvalue weighted by Gasteiger charge is -2.12. The van der Waals surface area contributed by atoms with Crippen molar-refractivity contribution in [3.63, 3.8) is 0 Å². The summed E-state index contributed by atoms with van der Waals surface area (Å²) in [5.41, 5.74) is 1.92. The number of aromatic amines is 1. The minimum atomic E-state index is -0.0851. The maximum absolute atomic E-state index is 12.0. The second-order valence-corrected chi connectivity index (χ2v) is 4.98. The Kier molecular flexibility index (Phi) is 4.58. The van der Waals surface area contributed by atoms with Crippen molar-refractivity contribution in [1.29, 1.82) is 0 Å². The lowest BCUT2D eigenvalue weighted by atomic mass is 10.1. The molecule has 1 N–H and O–H groups in total. The molecule has 5 heteroatoms. The van der Waals surface area contributed by atoms with E-state index < -0.39 is 0 Å². The van der Waals surface area contributed by atoms with Gasteiger partial charge in [-0.2, -0.15) is 0 Å². The van der Waals surface area contributed by atoms with Crippen LogP contribution in [-0.2, 0) is 11.3 Å². The number of hydrogen-bond acceptors (Lipinski definition) is 2. The van der Waals surface area contributed by atoms with Crippen molar-refractivity contribution in [2.24, 2.45) is 0 Å². The molecule has 2 rings (SSSR count). The molecule has 0 radical (unpaired) electrons. The van der Waals surface area contributed by atoms with Gasteiger partial charge in [-0.15, -0.1) is 0 Å². The number of carbonyl (C=O) groups excluding carboxylic acids is 1. The molecule has 20 heavy (non-hydrogen) atoms. The molecule has 0 atom stereocenters. The first-order chi connectivity index (χ1) is 9.56. The number of hydrogen-bond donors (Lipinski definition) is 1. The first-order valence-electron chi connectivity index (χ1n) is 6.24. The summed E-state index contributed by atoms with van der Waals surface area (Å²) in [4.78, 5) is 20.6. The Bertz CT molecular complexity index is 620. The van der Waals surface area contributed by atoms with Gasteiger partial charge in [-0.1, -0.05) is 23.7 Å². The lowest BCUT2D eigenvalue weighted by Crippen LogP contribution is -2.24. The number of halogens is 1. The molecule has 0 saturated heterocycles. The first-order valence-corrected chi connectivity index (χ1v) is 6.61. The SMILES string of the molecule is Cc1ccc(C=CC(=O)N(C)Cc2ncc[nH]2)cc1Cl. The molecule has 1 aromatic carbocycles. The average Bonchev–Trinajstić information content (AvgIpc) is 2.92. The van der Waals surface area contributed by atoms with Crippen molar-refractivity contribution in [2.75, 3.05) is 7.05 Å². The molecule has 104 valence electrons. The van der Waals surface area contributed by atoms with E-state index in [0.29, 0.717) is 11.6 Å². The highest BCUT2D eigenvalue weighted by Crippen LogP contribution is 2.17. The lowest BCUT2D eigenvalue weighted by molar-refractivity contribution is -0.125. The summed E-state index contributed by atoms with van der Waals surface area (Å²) in [5, 5.41) is 0.698. The fourth-order valence-corrected chi connectivity index (χ4v) is 1.88. The summed E-state index contributed by atoms with van der Waals surface area (Å²) in [6.45, 7) is 2.39. The van der Waals surface area contributed by atoms with Crippen molar-refractivity contribution in [1.82, 2.24) is 14.9 Å². The maximum atomic E-state index is 12.0. The van der Waals surface area contributed by atoms with Gasteiger partial charge in [0.25, 0.3) is 0 Å². The Morgan fingerprint density at radius 1 is 1.50 bits per heavy atom. The van der Waals surface area contributed by atoms with Gasteiger partial charge in [0, 0.05) is 30.5 Å². The Balaban J connectivity index is 1.99. The van der Waals surface area contributed by atoms with Gasteiger partial charge in [0.15, 0.2) is 0 Å². The van der Waals surface area contributed by atoms with E-state index in [2.05, 4.69) is 9.97 Å². The zero-order valence-corrected chi connectivity index (χ0v) is 12.2. The number of benzene rings is 1. The Hall–Kier alpha value is -2.07. The minimum Gasteiger partial charge on any atom is -0.347 e. The van der Waals surface area contributed by atoms with Crippen LogP contribution in [0.2, 0.25) is 5.02 Å². The summed E-state index contributed by atoms with van der Waals surface area (Å²) >= 11 is 6.04. The molecule has 1 heterocycles.